The van der Waals surface area contributed by atoms with Crippen molar-refractivity contribution in [1.29, 1.82) is 0 Å². The third-order valence-electron chi connectivity index (χ3n) is 3.74. The van der Waals surface area contributed by atoms with E-state index in [-0.39, 0.29) is 0 Å². The predicted octanol–water partition coefficient (Wildman–Crippen LogP) is 5.25. The van der Waals surface area contributed by atoms with Gasteiger partial charge in [0.25, 0.3) is 0 Å². The topological polar surface area (TPSA) is 30.7 Å². The number of aromatic nitrogens is 3. The monoisotopic (exact) mass is 331 g/mol. The summed E-state index contributed by atoms with van der Waals surface area (Å²) in [6.07, 6.45) is 0. The summed E-state index contributed by atoms with van der Waals surface area (Å²) in [7, 11) is 0. The number of benzene rings is 3. The number of hydrogen-bond donors (Lipinski definition) is 0. The second kappa shape index (κ2) is 6.30. The average Bonchev–Trinajstić information content (AvgIpc) is 3.09. The predicted molar refractivity (Wildman–Crippen MR) is 97.2 cm³/mol. The van der Waals surface area contributed by atoms with Crippen LogP contribution in [0, 0.1) is 0 Å². The maximum absolute atomic E-state index is 6.01. The molecule has 0 bridgehead atoms. The molecule has 0 unspecified atom stereocenters. The Balaban J connectivity index is 1.90. The van der Waals surface area contributed by atoms with Gasteiger partial charge in [-0.15, -0.1) is 5.10 Å². The van der Waals surface area contributed by atoms with Gasteiger partial charge >= 0.3 is 0 Å². The molecule has 0 saturated heterocycles. The van der Waals surface area contributed by atoms with E-state index in [9.17, 15) is 0 Å². The molecule has 1 aromatic heterocycles. The first-order valence-electron chi connectivity index (χ1n) is 7.65. The van der Waals surface area contributed by atoms with E-state index < -0.39 is 0 Å². The lowest BCUT2D eigenvalue weighted by molar-refractivity contribution is 0.890. The molecule has 0 N–H and O–H groups in total. The van der Waals surface area contributed by atoms with Crippen molar-refractivity contribution in [3.8, 4) is 28.5 Å². The Morgan fingerprint density at radius 1 is 0.667 bits per heavy atom. The molecule has 3 nitrogen and oxygen atoms in total. The van der Waals surface area contributed by atoms with Crippen molar-refractivity contribution in [2.45, 2.75) is 0 Å². The van der Waals surface area contributed by atoms with E-state index in [0.29, 0.717) is 10.8 Å². The highest BCUT2D eigenvalue weighted by molar-refractivity contribution is 6.30. The van der Waals surface area contributed by atoms with Crippen LogP contribution in [-0.2, 0) is 0 Å². The van der Waals surface area contributed by atoms with E-state index in [0.717, 1.165) is 22.6 Å². The summed E-state index contributed by atoms with van der Waals surface area (Å²) in [5.74, 6) is 1.50. The van der Waals surface area contributed by atoms with Crippen molar-refractivity contribution in [3.63, 3.8) is 0 Å². The molecule has 4 rings (SSSR count). The summed E-state index contributed by atoms with van der Waals surface area (Å²) in [4.78, 5) is 4.77. The molecule has 0 spiro atoms. The molecule has 4 aromatic rings. The summed E-state index contributed by atoms with van der Waals surface area (Å²) in [5, 5.41) is 5.42. The molecule has 0 fully saturated rings. The van der Waals surface area contributed by atoms with Crippen LogP contribution in [0.3, 0.4) is 0 Å². The first-order valence-corrected chi connectivity index (χ1v) is 8.03. The summed E-state index contributed by atoms with van der Waals surface area (Å²) < 4.78 is 1.86. The quantitative estimate of drug-likeness (QED) is 0.513. The fourth-order valence-electron chi connectivity index (χ4n) is 2.56. The highest BCUT2D eigenvalue weighted by atomic mass is 35.5. The van der Waals surface area contributed by atoms with Gasteiger partial charge in [0.05, 0.1) is 5.69 Å². The molecule has 0 aliphatic rings. The lowest BCUT2D eigenvalue weighted by atomic mass is 10.2. The number of rotatable bonds is 3. The molecule has 24 heavy (non-hydrogen) atoms. The minimum Gasteiger partial charge on any atom is -0.213 e. The van der Waals surface area contributed by atoms with E-state index in [4.69, 9.17) is 21.7 Å². The van der Waals surface area contributed by atoms with Crippen LogP contribution in [0.5, 0.6) is 0 Å². The molecule has 4 heteroatoms. The second-order valence-corrected chi connectivity index (χ2v) is 5.82. The number of hydrogen-bond acceptors (Lipinski definition) is 2. The zero-order valence-corrected chi connectivity index (χ0v) is 13.6. The van der Waals surface area contributed by atoms with E-state index in [1.54, 1.807) is 0 Å². The lowest BCUT2D eigenvalue weighted by Gasteiger charge is -2.05. The standard InChI is InChI=1S/C20H14ClN3/c21-17-11-13-18(14-12-17)24-20(16-9-5-2-6-10-16)22-19(23-24)15-7-3-1-4-8-15/h1-14H. The smallest absolute Gasteiger partial charge is 0.182 e. The SMILES string of the molecule is Clc1ccc(-n2nc(-c3ccccc3)nc2-c2ccccc2)cc1. The van der Waals surface area contributed by atoms with E-state index in [2.05, 4.69) is 0 Å². The molecule has 116 valence electrons. The second-order valence-electron chi connectivity index (χ2n) is 5.38. The Bertz CT molecular complexity index is 945. The van der Waals surface area contributed by atoms with Gasteiger partial charge in [0, 0.05) is 16.1 Å². The van der Waals surface area contributed by atoms with Crippen LogP contribution >= 0.6 is 11.6 Å². The van der Waals surface area contributed by atoms with E-state index in [1.165, 1.54) is 0 Å². The fourth-order valence-corrected chi connectivity index (χ4v) is 2.68. The van der Waals surface area contributed by atoms with Gasteiger partial charge in [0.2, 0.25) is 0 Å². The maximum atomic E-state index is 6.01. The van der Waals surface area contributed by atoms with Crippen LogP contribution in [0.25, 0.3) is 28.5 Å². The maximum Gasteiger partial charge on any atom is 0.182 e. The van der Waals surface area contributed by atoms with Crippen molar-refractivity contribution in [2.24, 2.45) is 0 Å². The molecule has 1 heterocycles. The van der Waals surface area contributed by atoms with Crippen molar-refractivity contribution >= 4 is 11.6 Å². The van der Waals surface area contributed by atoms with E-state index in [1.807, 2.05) is 89.6 Å². The lowest BCUT2D eigenvalue weighted by Crippen LogP contribution is -1.99. The van der Waals surface area contributed by atoms with Crippen LogP contribution in [-0.4, -0.2) is 14.8 Å². The summed E-state index contributed by atoms with van der Waals surface area (Å²) in [6.45, 7) is 0. The highest BCUT2D eigenvalue weighted by Crippen LogP contribution is 2.25. The van der Waals surface area contributed by atoms with Crippen molar-refractivity contribution in [2.75, 3.05) is 0 Å². The summed E-state index contributed by atoms with van der Waals surface area (Å²) >= 11 is 6.01. The van der Waals surface area contributed by atoms with Gasteiger partial charge in [-0.05, 0) is 24.3 Å². The first kappa shape index (κ1) is 14.7. The molecule has 0 radical (unpaired) electrons. The van der Waals surface area contributed by atoms with Gasteiger partial charge in [-0.1, -0.05) is 72.3 Å². The molecular weight excluding hydrogens is 318 g/mol. The van der Waals surface area contributed by atoms with Crippen LogP contribution < -0.4 is 0 Å². The van der Waals surface area contributed by atoms with Crippen LogP contribution in [0.1, 0.15) is 0 Å². The summed E-state index contributed by atoms with van der Waals surface area (Å²) in [5.41, 5.74) is 2.93. The molecule has 0 aliphatic carbocycles. The van der Waals surface area contributed by atoms with Crippen molar-refractivity contribution in [3.05, 3.63) is 90.0 Å². The van der Waals surface area contributed by atoms with Gasteiger partial charge in [-0.25, -0.2) is 9.67 Å². The largest absolute Gasteiger partial charge is 0.213 e. The Kier molecular flexibility index (Phi) is 3.85. The Labute approximate surface area is 145 Å². The molecule has 0 atom stereocenters. The molecule has 0 amide bonds. The number of nitrogens with zero attached hydrogens (tertiary/aromatic N) is 3. The summed E-state index contributed by atoms with van der Waals surface area (Å²) in [6, 6.07) is 27.6. The van der Waals surface area contributed by atoms with Crippen molar-refractivity contribution < 1.29 is 0 Å². The fraction of sp³-hybridized carbons (Fsp3) is 0. The third kappa shape index (κ3) is 2.82. The minimum atomic E-state index is 0.698. The normalized spacial score (nSPS) is 10.7. The van der Waals surface area contributed by atoms with E-state index >= 15 is 0 Å². The van der Waals surface area contributed by atoms with Gasteiger partial charge in [0.15, 0.2) is 11.6 Å². The minimum absolute atomic E-state index is 0.698. The van der Waals surface area contributed by atoms with Crippen LogP contribution in [0.4, 0.5) is 0 Å². The third-order valence-corrected chi connectivity index (χ3v) is 3.99. The van der Waals surface area contributed by atoms with Gasteiger partial charge in [-0.3, -0.25) is 0 Å². The number of halogens is 1. The van der Waals surface area contributed by atoms with Crippen LogP contribution in [0.15, 0.2) is 84.9 Å². The first-order chi connectivity index (χ1) is 11.8. The van der Waals surface area contributed by atoms with Gasteiger partial charge in [0.1, 0.15) is 0 Å². The van der Waals surface area contributed by atoms with Crippen LogP contribution in [0.2, 0.25) is 5.02 Å². The van der Waals surface area contributed by atoms with Gasteiger partial charge < -0.3 is 0 Å². The van der Waals surface area contributed by atoms with Crippen molar-refractivity contribution in [1.82, 2.24) is 14.8 Å². The molecule has 0 saturated carbocycles. The Morgan fingerprint density at radius 3 is 1.88 bits per heavy atom. The average molecular weight is 332 g/mol. The highest BCUT2D eigenvalue weighted by Gasteiger charge is 2.14. The molecule has 3 aromatic carbocycles. The Morgan fingerprint density at radius 2 is 1.25 bits per heavy atom. The Hall–Kier alpha value is -2.91. The zero-order valence-electron chi connectivity index (χ0n) is 12.8. The molecule has 0 aliphatic heterocycles. The molecular formula is C20H14ClN3. The zero-order chi connectivity index (χ0) is 16.4. The van der Waals surface area contributed by atoms with Gasteiger partial charge in [-0.2, -0.15) is 0 Å².